The van der Waals surface area contributed by atoms with E-state index in [4.69, 9.17) is 9.15 Å². The summed E-state index contributed by atoms with van der Waals surface area (Å²) in [5.41, 5.74) is 0.451. The van der Waals surface area contributed by atoms with Crippen LogP contribution in [0.25, 0.3) is 0 Å². The van der Waals surface area contributed by atoms with E-state index in [1.807, 2.05) is 13.8 Å². The van der Waals surface area contributed by atoms with Gasteiger partial charge in [-0.05, 0) is 49.7 Å². The summed E-state index contributed by atoms with van der Waals surface area (Å²) in [6, 6.07) is 10.0. The van der Waals surface area contributed by atoms with Crippen LogP contribution in [0.4, 0.5) is 0 Å². The van der Waals surface area contributed by atoms with Crippen molar-refractivity contribution in [1.29, 1.82) is 0 Å². The summed E-state index contributed by atoms with van der Waals surface area (Å²) in [5.74, 6) is 0.753. The molecule has 1 heterocycles. The van der Waals surface area contributed by atoms with Crippen molar-refractivity contribution in [3.05, 3.63) is 53.5 Å². The third kappa shape index (κ3) is 4.62. The van der Waals surface area contributed by atoms with Crippen LogP contribution in [-0.2, 0) is 11.3 Å². The number of hydrogen-bond donors (Lipinski definition) is 1. The summed E-state index contributed by atoms with van der Waals surface area (Å²) in [7, 11) is 1.33. The maximum absolute atomic E-state index is 11.9. The van der Waals surface area contributed by atoms with Gasteiger partial charge in [-0.3, -0.25) is 4.79 Å². The second-order valence-corrected chi connectivity index (χ2v) is 5.35. The summed E-state index contributed by atoms with van der Waals surface area (Å²) in [6.07, 6.45) is 0.851. The molecule has 2 aromatic rings. The van der Waals surface area contributed by atoms with Gasteiger partial charge >= 0.3 is 5.97 Å². The molecule has 2 rings (SSSR count). The van der Waals surface area contributed by atoms with Crippen LogP contribution in [0, 0.1) is 0 Å². The lowest BCUT2D eigenvalue weighted by Gasteiger charge is -2.09. The Morgan fingerprint density at radius 2 is 1.88 bits per heavy atom. The normalized spacial score (nSPS) is 11.6. The fourth-order valence-electron chi connectivity index (χ4n) is 1.93. The quantitative estimate of drug-likeness (QED) is 0.789. The van der Waals surface area contributed by atoms with Gasteiger partial charge in [-0.1, -0.05) is 6.92 Å². The largest absolute Gasteiger partial charge is 0.486 e. The first kappa shape index (κ1) is 17.6. The molecule has 0 saturated heterocycles. The number of rotatable bonds is 7. The van der Waals surface area contributed by atoms with E-state index in [1.54, 1.807) is 36.4 Å². The molecule has 0 fully saturated rings. The van der Waals surface area contributed by atoms with Gasteiger partial charge in [0.25, 0.3) is 5.91 Å². The lowest BCUT2D eigenvalue weighted by atomic mass is 10.2. The molecule has 1 atom stereocenters. The highest BCUT2D eigenvalue weighted by Crippen LogP contribution is 2.16. The van der Waals surface area contributed by atoms with E-state index in [1.165, 1.54) is 7.11 Å². The highest BCUT2D eigenvalue weighted by atomic mass is 16.5. The van der Waals surface area contributed by atoms with Gasteiger partial charge in [0.1, 0.15) is 18.1 Å². The van der Waals surface area contributed by atoms with E-state index in [9.17, 15) is 9.59 Å². The van der Waals surface area contributed by atoms with E-state index in [2.05, 4.69) is 10.1 Å². The van der Waals surface area contributed by atoms with Crippen molar-refractivity contribution in [2.45, 2.75) is 32.9 Å². The molecule has 1 aromatic heterocycles. The minimum atomic E-state index is -0.399. The summed E-state index contributed by atoms with van der Waals surface area (Å²) in [4.78, 5) is 23.3. The zero-order chi connectivity index (χ0) is 17.5. The summed E-state index contributed by atoms with van der Waals surface area (Å²) < 4.78 is 15.7. The Morgan fingerprint density at radius 1 is 1.17 bits per heavy atom. The van der Waals surface area contributed by atoms with Crippen molar-refractivity contribution in [2.75, 3.05) is 7.11 Å². The van der Waals surface area contributed by atoms with Crippen molar-refractivity contribution in [2.24, 2.45) is 0 Å². The van der Waals surface area contributed by atoms with E-state index >= 15 is 0 Å². The van der Waals surface area contributed by atoms with Crippen molar-refractivity contribution < 1.29 is 23.5 Å². The van der Waals surface area contributed by atoms with Gasteiger partial charge in [0, 0.05) is 6.04 Å². The predicted octanol–water partition coefficient (Wildman–Crippen LogP) is 3.17. The molecule has 24 heavy (non-hydrogen) atoms. The molecule has 128 valence electrons. The Kier molecular flexibility index (Phi) is 6.01. The SMILES string of the molecule is CCC(C)NC(=O)c1ccc(COc2ccc(C(=O)OC)cc2)o1. The molecule has 0 spiro atoms. The highest BCUT2D eigenvalue weighted by Gasteiger charge is 2.13. The first-order valence-electron chi connectivity index (χ1n) is 7.74. The van der Waals surface area contributed by atoms with Crippen LogP contribution in [0.15, 0.2) is 40.8 Å². The minimum absolute atomic E-state index is 0.0932. The predicted molar refractivity (Wildman–Crippen MR) is 88.0 cm³/mol. The number of carbonyl (C=O) groups excluding carboxylic acids is 2. The second-order valence-electron chi connectivity index (χ2n) is 5.35. The molecule has 0 bridgehead atoms. The average Bonchev–Trinajstić information content (AvgIpc) is 3.08. The van der Waals surface area contributed by atoms with E-state index in [-0.39, 0.29) is 24.3 Å². The number of furan rings is 1. The fraction of sp³-hybridized carbons (Fsp3) is 0.333. The molecule has 6 heteroatoms. The maximum atomic E-state index is 11.9. The summed E-state index contributed by atoms with van der Waals surface area (Å²) in [6.45, 7) is 4.12. The van der Waals surface area contributed by atoms with Gasteiger partial charge in [0.05, 0.1) is 12.7 Å². The van der Waals surface area contributed by atoms with Gasteiger partial charge in [0.2, 0.25) is 0 Å². The van der Waals surface area contributed by atoms with Crippen LogP contribution < -0.4 is 10.1 Å². The molecule has 0 saturated carbocycles. The summed E-state index contributed by atoms with van der Waals surface area (Å²) >= 11 is 0. The molecule has 1 N–H and O–H groups in total. The second kappa shape index (κ2) is 8.19. The molecule has 0 radical (unpaired) electrons. The van der Waals surface area contributed by atoms with Gasteiger partial charge in [-0.25, -0.2) is 4.79 Å². The Bertz CT molecular complexity index is 690. The van der Waals surface area contributed by atoms with Crippen LogP contribution in [0.3, 0.4) is 0 Å². The first-order valence-corrected chi connectivity index (χ1v) is 7.74. The maximum Gasteiger partial charge on any atom is 0.337 e. The van der Waals surface area contributed by atoms with E-state index in [0.29, 0.717) is 17.1 Å². The molecule has 0 aliphatic rings. The molecule has 6 nitrogen and oxygen atoms in total. The van der Waals surface area contributed by atoms with Crippen LogP contribution in [0.2, 0.25) is 0 Å². The molecular weight excluding hydrogens is 310 g/mol. The highest BCUT2D eigenvalue weighted by molar-refractivity contribution is 5.91. The van der Waals surface area contributed by atoms with Crippen molar-refractivity contribution in [3.63, 3.8) is 0 Å². The van der Waals surface area contributed by atoms with E-state index in [0.717, 1.165) is 6.42 Å². The lowest BCUT2D eigenvalue weighted by Crippen LogP contribution is -2.31. The Balaban J connectivity index is 1.91. The van der Waals surface area contributed by atoms with E-state index < -0.39 is 5.97 Å². The fourth-order valence-corrected chi connectivity index (χ4v) is 1.93. The Hall–Kier alpha value is -2.76. The number of ether oxygens (including phenoxy) is 2. The van der Waals surface area contributed by atoms with Crippen LogP contribution >= 0.6 is 0 Å². The number of nitrogens with one attached hydrogen (secondary N) is 1. The summed E-state index contributed by atoms with van der Waals surface area (Å²) in [5, 5.41) is 2.84. The van der Waals surface area contributed by atoms with Crippen LogP contribution in [-0.4, -0.2) is 25.0 Å². The van der Waals surface area contributed by atoms with Crippen LogP contribution in [0.1, 0.15) is 46.9 Å². The van der Waals surface area contributed by atoms with Crippen molar-refractivity contribution in [1.82, 2.24) is 5.32 Å². The lowest BCUT2D eigenvalue weighted by molar-refractivity contribution is 0.0600. The number of methoxy groups -OCH3 is 1. The molecule has 1 unspecified atom stereocenters. The van der Waals surface area contributed by atoms with Crippen molar-refractivity contribution in [3.8, 4) is 5.75 Å². The third-order valence-corrected chi connectivity index (χ3v) is 3.53. The van der Waals surface area contributed by atoms with Gasteiger partial charge in [0.15, 0.2) is 5.76 Å². The average molecular weight is 331 g/mol. The monoisotopic (exact) mass is 331 g/mol. The number of amides is 1. The molecule has 0 aliphatic carbocycles. The Labute approximate surface area is 140 Å². The standard InChI is InChI=1S/C18H21NO5/c1-4-12(2)19-17(20)16-10-9-15(24-16)11-23-14-7-5-13(6-8-14)18(21)22-3/h5-10,12H,4,11H2,1-3H3,(H,19,20). The topological polar surface area (TPSA) is 77.8 Å². The zero-order valence-electron chi connectivity index (χ0n) is 14.0. The van der Waals surface area contributed by atoms with Gasteiger partial charge < -0.3 is 19.2 Å². The Morgan fingerprint density at radius 3 is 2.50 bits per heavy atom. The number of benzene rings is 1. The number of carbonyl (C=O) groups is 2. The van der Waals surface area contributed by atoms with Gasteiger partial charge in [-0.2, -0.15) is 0 Å². The smallest absolute Gasteiger partial charge is 0.337 e. The molecule has 1 amide bonds. The van der Waals surface area contributed by atoms with Crippen molar-refractivity contribution >= 4 is 11.9 Å². The van der Waals surface area contributed by atoms with Crippen LogP contribution in [0.5, 0.6) is 5.75 Å². The number of esters is 1. The number of hydrogen-bond acceptors (Lipinski definition) is 5. The molecular formula is C18H21NO5. The first-order chi connectivity index (χ1) is 11.5. The third-order valence-electron chi connectivity index (χ3n) is 3.53. The minimum Gasteiger partial charge on any atom is -0.486 e. The van der Waals surface area contributed by atoms with Gasteiger partial charge in [-0.15, -0.1) is 0 Å². The zero-order valence-corrected chi connectivity index (χ0v) is 14.0. The molecule has 1 aromatic carbocycles. The molecule has 0 aliphatic heterocycles.